The number of carbonyl (C=O) groups excluding carboxylic acids is 3. The summed E-state index contributed by atoms with van der Waals surface area (Å²) in [5, 5.41) is -0.00671. The molecule has 4 atom stereocenters. The second-order valence-electron chi connectivity index (χ2n) is 4.35. The molecule has 1 fully saturated rings. The van der Waals surface area contributed by atoms with Crippen LogP contribution in [0.4, 0.5) is 0 Å². The van der Waals surface area contributed by atoms with E-state index in [1.165, 1.54) is 25.6 Å². The quantitative estimate of drug-likeness (QED) is 0.549. The Balaban J connectivity index is 2.19. The van der Waals surface area contributed by atoms with Gasteiger partial charge in [-0.2, -0.15) is 0 Å². The first-order valence-electron chi connectivity index (χ1n) is 5.68. The van der Waals surface area contributed by atoms with Gasteiger partial charge in [-0.25, -0.2) is 0 Å². The summed E-state index contributed by atoms with van der Waals surface area (Å²) in [5.41, 5.74) is 0. The van der Waals surface area contributed by atoms with Crippen molar-refractivity contribution in [3.8, 4) is 0 Å². The summed E-state index contributed by atoms with van der Waals surface area (Å²) in [6.45, 7) is 2.65. The third-order valence-electron chi connectivity index (χ3n) is 3.02. The van der Waals surface area contributed by atoms with Gasteiger partial charge in [-0.15, -0.1) is 0 Å². The van der Waals surface area contributed by atoms with Crippen molar-refractivity contribution in [1.82, 2.24) is 0 Å². The smallest absolute Gasteiger partial charge is 0.303 e. The van der Waals surface area contributed by atoms with E-state index < -0.39 is 24.1 Å². The normalized spacial score (nSPS) is 34.0. The Bertz CT molecular complexity index is 417. The van der Waals surface area contributed by atoms with Gasteiger partial charge in [0.2, 0.25) is 0 Å². The van der Waals surface area contributed by atoms with Gasteiger partial charge in [-0.1, -0.05) is 11.8 Å². The van der Waals surface area contributed by atoms with Crippen molar-refractivity contribution in [1.29, 1.82) is 0 Å². The third kappa shape index (κ3) is 2.58. The first-order chi connectivity index (χ1) is 8.49. The van der Waals surface area contributed by atoms with Gasteiger partial charge >= 0.3 is 11.9 Å². The number of esters is 2. The Kier molecular flexibility index (Phi) is 3.75. The molecule has 2 aliphatic rings. The largest absolute Gasteiger partial charge is 0.458 e. The zero-order valence-electron chi connectivity index (χ0n) is 10.1. The summed E-state index contributed by atoms with van der Waals surface area (Å²) in [7, 11) is 0. The lowest BCUT2D eigenvalue weighted by Crippen LogP contribution is -2.41. The van der Waals surface area contributed by atoms with E-state index in [9.17, 15) is 14.4 Å². The van der Waals surface area contributed by atoms with Crippen LogP contribution in [0.2, 0.25) is 0 Å². The highest BCUT2D eigenvalue weighted by Crippen LogP contribution is 2.41. The molecule has 0 amide bonds. The number of carbonyl (C=O) groups is 3. The van der Waals surface area contributed by atoms with Crippen LogP contribution in [0, 0.1) is 11.8 Å². The molecule has 1 saturated heterocycles. The maximum Gasteiger partial charge on any atom is 0.303 e. The fourth-order valence-corrected chi connectivity index (χ4v) is 3.59. The van der Waals surface area contributed by atoms with Crippen LogP contribution < -0.4 is 0 Å². The summed E-state index contributed by atoms with van der Waals surface area (Å²) in [4.78, 5) is 33.8. The first kappa shape index (κ1) is 13.1. The number of rotatable bonds is 2. The van der Waals surface area contributed by atoms with Crippen LogP contribution >= 0.6 is 11.8 Å². The maximum absolute atomic E-state index is 11.8. The van der Waals surface area contributed by atoms with Crippen molar-refractivity contribution in [3.05, 3.63) is 12.2 Å². The average Bonchev–Trinajstić information content (AvgIpc) is 2.64. The van der Waals surface area contributed by atoms with E-state index in [0.29, 0.717) is 5.75 Å². The minimum absolute atomic E-state index is 0.00671. The van der Waals surface area contributed by atoms with Crippen LogP contribution in [-0.4, -0.2) is 35.0 Å². The Labute approximate surface area is 109 Å². The zero-order valence-corrected chi connectivity index (χ0v) is 10.9. The van der Waals surface area contributed by atoms with Crippen LogP contribution in [0.5, 0.6) is 0 Å². The van der Waals surface area contributed by atoms with Crippen LogP contribution in [0.15, 0.2) is 12.2 Å². The van der Waals surface area contributed by atoms with Crippen LogP contribution in [0.1, 0.15) is 13.8 Å². The van der Waals surface area contributed by atoms with E-state index in [4.69, 9.17) is 9.47 Å². The molecule has 1 heterocycles. The number of ether oxygens (including phenoxy) is 2. The van der Waals surface area contributed by atoms with Gasteiger partial charge < -0.3 is 9.47 Å². The van der Waals surface area contributed by atoms with Crippen molar-refractivity contribution < 1.29 is 23.9 Å². The lowest BCUT2D eigenvalue weighted by molar-refractivity contribution is -0.155. The van der Waals surface area contributed by atoms with Gasteiger partial charge in [0.1, 0.15) is 12.2 Å². The second kappa shape index (κ2) is 5.14. The van der Waals surface area contributed by atoms with Crippen LogP contribution in [0.3, 0.4) is 0 Å². The Morgan fingerprint density at radius 2 is 1.72 bits per heavy atom. The molecule has 6 heteroatoms. The van der Waals surface area contributed by atoms with Crippen LogP contribution in [0.25, 0.3) is 0 Å². The molecular weight excluding hydrogens is 256 g/mol. The van der Waals surface area contributed by atoms with Gasteiger partial charge in [-0.3, -0.25) is 14.4 Å². The van der Waals surface area contributed by atoms with E-state index in [-0.39, 0.29) is 17.0 Å². The summed E-state index contributed by atoms with van der Waals surface area (Å²) in [6.07, 6.45) is 2.40. The molecule has 0 aromatic carbocycles. The van der Waals surface area contributed by atoms with Gasteiger partial charge in [0, 0.05) is 25.5 Å². The van der Waals surface area contributed by atoms with E-state index in [1.54, 1.807) is 12.2 Å². The second-order valence-corrected chi connectivity index (χ2v) is 5.38. The maximum atomic E-state index is 11.8. The Morgan fingerprint density at radius 3 is 2.33 bits per heavy atom. The van der Waals surface area contributed by atoms with Crippen molar-refractivity contribution in [2.45, 2.75) is 26.1 Å². The molecule has 5 nitrogen and oxygen atoms in total. The molecule has 0 spiro atoms. The third-order valence-corrected chi connectivity index (χ3v) is 4.13. The summed E-state index contributed by atoms with van der Waals surface area (Å²) in [5.74, 6) is -0.726. The fraction of sp³-hybridized carbons (Fsp3) is 0.583. The molecule has 98 valence electrons. The standard InChI is InChI=1S/C12H14O5S/c1-6(13)16-9-3-4-10(17-7(2)14)11-8(9)5-18-12(11)15/h3-4,8-11H,5H2,1-2H3. The molecule has 0 N–H and O–H groups in total. The summed E-state index contributed by atoms with van der Waals surface area (Å²) in [6, 6.07) is 0. The molecule has 4 unspecified atom stereocenters. The lowest BCUT2D eigenvalue weighted by Gasteiger charge is -2.32. The average molecular weight is 270 g/mol. The highest BCUT2D eigenvalue weighted by atomic mass is 32.2. The molecule has 0 aromatic heterocycles. The molecule has 1 aliphatic heterocycles. The summed E-state index contributed by atoms with van der Waals surface area (Å²) >= 11 is 1.20. The van der Waals surface area contributed by atoms with Crippen molar-refractivity contribution >= 4 is 28.8 Å². The van der Waals surface area contributed by atoms with E-state index in [1.807, 2.05) is 0 Å². The fourth-order valence-electron chi connectivity index (χ4n) is 2.33. The molecule has 18 heavy (non-hydrogen) atoms. The zero-order chi connectivity index (χ0) is 13.3. The van der Waals surface area contributed by atoms with Crippen LogP contribution in [-0.2, 0) is 23.9 Å². The molecule has 0 aromatic rings. The molecule has 0 saturated carbocycles. The van der Waals surface area contributed by atoms with Gasteiger partial charge in [0.05, 0.1) is 5.92 Å². The number of hydrogen-bond acceptors (Lipinski definition) is 6. The van der Waals surface area contributed by atoms with Crippen molar-refractivity contribution in [3.63, 3.8) is 0 Å². The molecule has 0 radical (unpaired) electrons. The first-order valence-corrected chi connectivity index (χ1v) is 6.67. The molecular formula is C12H14O5S. The van der Waals surface area contributed by atoms with Gasteiger partial charge in [0.25, 0.3) is 0 Å². The van der Waals surface area contributed by atoms with E-state index in [0.717, 1.165) is 0 Å². The van der Waals surface area contributed by atoms with E-state index >= 15 is 0 Å². The predicted molar refractivity (Wildman–Crippen MR) is 64.7 cm³/mol. The summed E-state index contributed by atoms with van der Waals surface area (Å²) < 4.78 is 10.3. The Hall–Kier alpha value is -1.30. The molecule has 2 rings (SSSR count). The van der Waals surface area contributed by atoms with Gasteiger partial charge in [0.15, 0.2) is 5.12 Å². The number of thioether (sulfide) groups is 1. The highest BCUT2D eigenvalue weighted by molar-refractivity contribution is 8.14. The predicted octanol–water partition coefficient (Wildman–Crippen LogP) is 0.925. The van der Waals surface area contributed by atoms with Crippen molar-refractivity contribution in [2.24, 2.45) is 11.8 Å². The minimum atomic E-state index is -0.540. The minimum Gasteiger partial charge on any atom is -0.458 e. The Morgan fingerprint density at radius 1 is 1.17 bits per heavy atom. The van der Waals surface area contributed by atoms with Gasteiger partial charge in [-0.05, 0) is 12.2 Å². The molecule has 1 aliphatic carbocycles. The SMILES string of the molecule is CC(=O)OC1C=CC(OC(C)=O)C2C(=O)SCC12. The number of fused-ring (bicyclic) bond motifs is 1. The monoisotopic (exact) mass is 270 g/mol. The number of hydrogen-bond donors (Lipinski definition) is 0. The molecule has 0 bridgehead atoms. The highest BCUT2D eigenvalue weighted by Gasteiger charge is 2.48. The lowest BCUT2D eigenvalue weighted by atomic mass is 9.81. The van der Waals surface area contributed by atoms with E-state index in [2.05, 4.69) is 0 Å². The topological polar surface area (TPSA) is 69.7 Å². The van der Waals surface area contributed by atoms with Crippen molar-refractivity contribution in [2.75, 3.05) is 5.75 Å².